The number of hydrogen-bond donors (Lipinski definition) is 2. The van der Waals surface area contributed by atoms with Gasteiger partial charge in [-0.15, -0.1) is 0 Å². The van der Waals surface area contributed by atoms with Gasteiger partial charge < -0.3 is 15.4 Å². The lowest BCUT2D eigenvalue weighted by molar-refractivity contribution is -0.127. The van der Waals surface area contributed by atoms with Gasteiger partial charge in [0.1, 0.15) is 6.61 Å². The molecule has 15 heavy (non-hydrogen) atoms. The maximum Gasteiger partial charge on any atom is 0.245 e. The predicted octanol–water partition coefficient (Wildman–Crippen LogP) is 0.670. The first-order chi connectivity index (χ1) is 7.26. The fourth-order valence-electron chi connectivity index (χ4n) is 1.99. The molecule has 0 aromatic carbocycles. The number of carbonyl (C=O) groups excluding carboxylic acids is 1. The van der Waals surface area contributed by atoms with Crippen molar-refractivity contribution in [3.63, 3.8) is 0 Å². The average molecular weight is 214 g/mol. The van der Waals surface area contributed by atoms with E-state index in [1.807, 2.05) is 0 Å². The summed E-state index contributed by atoms with van der Waals surface area (Å²) in [5, 5.41) is 6.00. The third-order valence-corrected chi connectivity index (χ3v) is 2.90. The summed E-state index contributed by atoms with van der Waals surface area (Å²) in [4.78, 5) is 11.0. The standard InChI is InChI=1S/C11H22N2O2/c1-3-13-9-4-6-10(7-5-9)15-8-11(14)12-2/h9-10,13H,3-8H2,1-2H3,(H,12,14). The number of amides is 1. The minimum absolute atomic E-state index is 0.0381. The van der Waals surface area contributed by atoms with Gasteiger partial charge in [0.25, 0.3) is 0 Å². The molecule has 0 aromatic rings. The summed E-state index contributed by atoms with van der Waals surface area (Å²) in [7, 11) is 1.63. The van der Waals surface area contributed by atoms with Gasteiger partial charge in [0.05, 0.1) is 6.10 Å². The molecule has 0 radical (unpaired) electrons. The predicted molar refractivity (Wildman–Crippen MR) is 59.7 cm³/mol. The van der Waals surface area contributed by atoms with E-state index in [-0.39, 0.29) is 18.6 Å². The maximum atomic E-state index is 11.0. The first-order valence-corrected chi connectivity index (χ1v) is 5.81. The Morgan fingerprint density at radius 1 is 1.33 bits per heavy atom. The molecular weight excluding hydrogens is 192 g/mol. The highest BCUT2D eigenvalue weighted by atomic mass is 16.5. The molecule has 0 unspecified atom stereocenters. The molecular formula is C11H22N2O2. The van der Waals surface area contributed by atoms with Crippen LogP contribution in [0, 0.1) is 0 Å². The zero-order valence-electron chi connectivity index (χ0n) is 9.71. The minimum Gasteiger partial charge on any atom is -0.368 e. The molecule has 0 saturated heterocycles. The smallest absolute Gasteiger partial charge is 0.245 e. The van der Waals surface area contributed by atoms with E-state index in [1.165, 1.54) is 0 Å². The van der Waals surface area contributed by atoms with Crippen molar-refractivity contribution in [1.82, 2.24) is 10.6 Å². The number of carbonyl (C=O) groups is 1. The van der Waals surface area contributed by atoms with Crippen LogP contribution in [-0.4, -0.2) is 38.3 Å². The normalized spacial score (nSPS) is 26.3. The van der Waals surface area contributed by atoms with Crippen molar-refractivity contribution in [1.29, 1.82) is 0 Å². The molecule has 0 spiro atoms. The van der Waals surface area contributed by atoms with Crippen LogP contribution in [0.15, 0.2) is 0 Å². The van der Waals surface area contributed by atoms with Crippen LogP contribution in [0.2, 0.25) is 0 Å². The largest absolute Gasteiger partial charge is 0.368 e. The Morgan fingerprint density at radius 3 is 2.53 bits per heavy atom. The van der Waals surface area contributed by atoms with Crippen molar-refractivity contribution in [2.75, 3.05) is 20.2 Å². The van der Waals surface area contributed by atoms with Gasteiger partial charge in [0.2, 0.25) is 5.91 Å². The van der Waals surface area contributed by atoms with Crippen LogP contribution in [0.3, 0.4) is 0 Å². The SMILES string of the molecule is CCNC1CCC(OCC(=O)NC)CC1. The molecule has 0 heterocycles. The van der Waals surface area contributed by atoms with Crippen LogP contribution >= 0.6 is 0 Å². The summed E-state index contributed by atoms with van der Waals surface area (Å²) in [6.45, 7) is 3.37. The second kappa shape index (κ2) is 6.80. The lowest BCUT2D eigenvalue weighted by atomic mass is 9.93. The number of likely N-dealkylation sites (N-methyl/N-ethyl adjacent to an activating group) is 1. The molecule has 4 heteroatoms. The second-order valence-corrected chi connectivity index (χ2v) is 4.02. The van der Waals surface area contributed by atoms with Crippen LogP contribution in [-0.2, 0) is 9.53 Å². The molecule has 1 rings (SSSR count). The Hall–Kier alpha value is -0.610. The summed E-state index contributed by atoms with van der Waals surface area (Å²) in [5.74, 6) is -0.0381. The Labute approximate surface area is 91.8 Å². The number of nitrogens with one attached hydrogen (secondary N) is 2. The van der Waals surface area contributed by atoms with Crippen LogP contribution in [0.4, 0.5) is 0 Å². The van der Waals surface area contributed by atoms with Crippen LogP contribution in [0.5, 0.6) is 0 Å². The summed E-state index contributed by atoms with van der Waals surface area (Å²) in [6.07, 6.45) is 4.72. The van der Waals surface area contributed by atoms with E-state index in [0.717, 1.165) is 32.2 Å². The molecule has 4 nitrogen and oxygen atoms in total. The minimum atomic E-state index is -0.0381. The van der Waals surface area contributed by atoms with Crippen LogP contribution in [0.25, 0.3) is 0 Å². The van der Waals surface area contributed by atoms with Crippen molar-refractivity contribution in [3.05, 3.63) is 0 Å². The third-order valence-electron chi connectivity index (χ3n) is 2.90. The highest BCUT2D eigenvalue weighted by Crippen LogP contribution is 2.20. The molecule has 0 bridgehead atoms. The Kier molecular flexibility index (Phi) is 5.65. The zero-order valence-corrected chi connectivity index (χ0v) is 9.71. The fraction of sp³-hybridized carbons (Fsp3) is 0.909. The van der Waals surface area contributed by atoms with Crippen LogP contribution in [0.1, 0.15) is 32.6 Å². The highest BCUT2D eigenvalue weighted by molar-refractivity contribution is 5.76. The molecule has 0 aromatic heterocycles. The first kappa shape index (κ1) is 12.5. The van der Waals surface area contributed by atoms with Gasteiger partial charge in [-0.05, 0) is 32.2 Å². The summed E-state index contributed by atoms with van der Waals surface area (Å²) in [5.41, 5.74) is 0. The Bertz CT molecular complexity index is 189. The van der Waals surface area contributed by atoms with Gasteiger partial charge in [-0.3, -0.25) is 4.79 Å². The molecule has 2 N–H and O–H groups in total. The monoisotopic (exact) mass is 214 g/mol. The van der Waals surface area contributed by atoms with Crippen LogP contribution < -0.4 is 10.6 Å². The fourth-order valence-corrected chi connectivity index (χ4v) is 1.99. The first-order valence-electron chi connectivity index (χ1n) is 5.81. The van der Waals surface area contributed by atoms with Crippen molar-refractivity contribution in [3.8, 4) is 0 Å². The van der Waals surface area contributed by atoms with E-state index in [9.17, 15) is 4.79 Å². The number of rotatable bonds is 5. The average Bonchev–Trinajstić information content (AvgIpc) is 2.28. The number of hydrogen-bond acceptors (Lipinski definition) is 3. The van der Waals surface area contributed by atoms with E-state index in [4.69, 9.17) is 4.74 Å². The lowest BCUT2D eigenvalue weighted by Crippen LogP contribution is -2.36. The van der Waals surface area contributed by atoms with Gasteiger partial charge in [0.15, 0.2) is 0 Å². The third kappa shape index (κ3) is 4.62. The topological polar surface area (TPSA) is 50.4 Å². The van der Waals surface area contributed by atoms with Crippen molar-refractivity contribution in [2.45, 2.75) is 44.8 Å². The molecule has 1 aliphatic carbocycles. The molecule has 1 fully saturated rings. The van der Waals surface area contributed by atoms with Gasteiger partial charge >= 0.3 is 0 Å². The van der Waals surface area contributed by atoms with E-state index >= 15 is 0 Å². The Morgan fingerprint density at radius 2 is 2.00 bits per heavy atom. The van der Waals surface area contributed by atoms with E-state index < -0.39 is 0 Å². The molecule has 0 aliphatic heterocycles. The van der Waals surface area contributed by atoms with E-state index in [2.05, 4.69) is 17.6 Å². The highest BCUT2D eigenvalue weighted by Gasteiger charge is 2.21. The second-order valence-electron chi connectivity index (χ2n) is 4.02. The molecule has 1 aliphatic rings. The molecule has 1 saturated carbocycles. The van der Waals surface area contributed by atoms with Gasteiger partial charge in [-0.2, -0.15) is 0 Å². The quantitative estimate of drug-likeness (QED) is 0.707. The van der Waals surface area contributed by atoms with Gasteiger partial charge in [0, 0.05) is 13.1 Å². The molecule has 88 valence electrons. The van der Waals surface area contributed by atoms with Crippen molar-refractivity contribution >= 4 is 5.91 Å². The maximum absolute atomic E-state index is 11.0. The summed E-state index contributed by atoms with van der Waals surface area (Å²) < 4.78 is 5.52. The van der Waals surface area contributed by atoms with Crippen molar-refractivity contribution in [2.24, 2.45) is 0 Å². The lowest BCUT2D eigenvalue weighted by Gasteiger charge is -2.28. The van der Waals surface area contributed by atoms with Gasteiger partial charge in [-0.25, -0.2) is 0 Å². The van der Waals surface area contributed by atoms with E-state index in [0.29, 0.717) is 6.04 Å². The number of ether oxygens (including phenoxy) is 1. The Balaban J connectivity index is 2.12. The summed E-state index contributed by atoms with van der Waals surface area (Å²) >= 11 is 0. The van der Waals surface area contributed by atoms with E-state index in [1.54, 1.807) is 7.05 Å². The summed E-state index contributed by atoms with van der Waals surface area (Å²) in [6, 6.07) is 0.648. The molecule has 0 atom stereocenters. The molecule has 1 amide bonds. The van der Waals surface area contributed by atoms with Crippen molar-refractivity contribution < 1.29 is 9.53 Å². The zero-order chi connectivity index (χ0) is 11.1. The van der Waals surface area contributed by atoms with Gasteiger partial charge in [-0.1, -0.05) is 6.92 Å².